The average molecular weight is 348 g/mol. The summed E-state index contributed by atoms with van der Waals surface area (Å²) in [7, 11) is -3.72. The number of pyridine rings is 1. The Morgan fingerprint density at radius 3 is 2.44 bits per heavy atom. The summed E-state index contributed by atoms with van der Waals surface area (Å²) in [5.74, 6) is 0. The van der Waals surface area contributed by atoms with Gasteiger partial charge in [-0.2, -0.15) is 0 Å². The summed E-state index contributed by atoms with van der Waals surface area (Å²) in [6, 6.07) is 9.68. The minimum absolute atomic E-state index is 0.0467. The fourth-order valence-corrected chi connectivity index (χ4v) is 3.08. The van der Waals surface area contributed by atoms with Crippen molar-refractivity contribution >= 4 is 43.2 Å². The van der Waals surface area contributed by atoms with E-state index in [4.69, 9.17) is 11.6 Å². The van der Waals surface area contributed by atoms with Crippen LogP contribution in [0.5, 0.6) is 0 Å². The van der Waals surface area contributed by atoms with Gasteiger partial charge in [0.1, 0.15) is 10.0 Å². The maximum absolute atomic E-state index is 12.1. The van der Waals surface area contributed by atoms with Crippen molar-refractivity contribution in [3.63, 3.8) is 0 Å². The molecule has 1 aromatic carbocycles. The highest BCUT2D eigenvalue weighted by Gasteiger charge is 2.18. The summed E-state index contributed by atoms with van der Waals surface area (Å²) in [4.78, 5) is 3.69. The topological polar surface area (TPSA) is 59.1 Å². The number of anilines is 1. The van der Waals surface area contributed by atoms with Gasteiger partial charge in [-0.05, 0) is 36.4 Å². The lowest BCUT2D eigenvalue weighted by Crippen LogP contribution is -2.13. The van der Waals surface area contributed by atoms with Gasteiger partial charge in [0.05, 0.1) is 0 Å². The van der Waals surface area contributed by atoms with Crippen LogP contribution in [0.1, 0.15) is 0 Å². The normalized spacial score (nSPS) is 11.2. The number of benzene rings is 1. The molecule has 7 heteroatoms. The number of nitrogens with zero attached hydrogens (tertiary/aromatic N) is 1. The van der Waals surface area contributed by atoms with Gasteiger partial charge in [-0.3, -0.25) is 4.72 Å². The van der Waals surface area contributed by atoms with Gasteiger partial charge < -0.3 is 0 Å². The maximum atomic E-state index is 12.1. The molecule has 2 rings (SSSR count). The first-order chi connectivity index (χ1) is 8.49. The van der Waals surface area contributed by atoms with Crippen LogP contribution >= 0.6 is 27.5 Å². The number of sulfonamides is 1. The van der Waals surface area contributed by atoms with E-state index in [0.717, 1.165) is 4.47 Å². The third-order valence-corrected chi connectivity index (χ3v) is 4.47. The summed E-state index contributed by atoms with van der Waals surface area (Å²) in [6.07, 6.45) is 1.43. The fraction of sp³-hybridized carbons (Fsp3) is 0. The summed E-state index contributed by atoms with van der Waals surface area (Å²) < 4.78 is 27.4. The first-order valence-electron chi connectivity index (χ1n) is 4.88. The molecule has 0 atom stereocenters. The van der Waals surface area contributed by atoms with Crippen LogP contribution in [-0.2, 0) is 10.0 Å². The predicted octanol–water partition coefficient (Wildman–Crippen LogP) is 3.30. The minimum atomic E-state index is -3.72. The van der Waals surface area contributed by atoms with E-state index >= 15 is 0 Å². The van der Waals surface area contributed by atoms with E-state index in [1.54, 1.807) is 24.3 Å². The van der Waals surface area contributed by atoms with E-state index in [1.165, 1.54) is 18.3 Å². The second-order valence-corrected chi connectivity index (χ2v) is 6.33. The van der Waals surface area contributed by atoms with Crippen molar-refractivity contribution < 1.29 is 8.42 Å². The van der Waals surface area contributed by atoms with Crippen LogP contribution < -0.4 is 4.72 Å². The van der Waals surface area contributed by atoms with Crippen molar-refractivity contribution in [3.05, 3.63) is 52.2 Å². The highest BCUT2D eigenvalue weighted by molar-refractivity contribution is 9.10. The molecule has 0 saturated carbocycles. The Bertz CT molecular complexity index is 659. The molecule has 0 fully saturated rings. The molecular weight excluding hydrogens is 340 g/mol. The smallest absolute Gasteiger partial charge is 0.264 e. The quantitative estimate of drug-likeness (QED) is 0.867. The van der Waals surface area contributed by atoms with E-state index in [0.29, 0.717) is 5.69 Å². The zero-order valence-corrected chi connectivity index (χ0v) is 12.1. The van der Waals surface area contributed by atoms with Crippen molar-refractivity contribution in [2.24, 2.45) is 0 Å². The molecule has 4 nitrogen and oxygen atoms in total. The average Bonchev–Trinajstić information content (AvgIpc) is 2.32. The lowest BCUT2D eigenvalue weighted by atomic mass is 10.3. The van der Waals surface area contributed by atoms with Gasteiger partial charge in [-0.25, -0.2) is 13.4 Å². The molecule has 0 aliphatic carbocycles. The second-order valence-electron chi connectivity index (χ2n) is 3.40. The molecular formula is C11H8BrClN2O2S. The van der Waals surface area contributed by atoms with Crippen LogP contribution in [0.3, 0.4) is 0 Å². The van der Waals surface area contributed by atoms with E-state index in [9.17, 15) is 8.42 Å². The highest BCUT2D eigenvalue weighted by atomic mass is 79.9. The molecule has 1 heterocycles. The fourth-order valence-electron chi connectivity index (χ4n) is 1.30. The molecule has 0 unspecified atom stereocenters. The van der Waals surface area contributed by atoms with Crippen LogP contribution in [0.25, 0.3) is 0 Å². The molecule has 0 radical (unpaired) electrons. The molecule has 0 aliphatic heterocycles. The number of aromatic nitrogens is 1. The maximum Gasteiger partial charge on any atom is 0.264 e. The highest BCUT2D eigenvalue weighted by Crippen LogP contribution is 2.22. The first kappa shape index (κ1) is 13.3. The van der Waals surface area contributed by atoms with Gasteiger partial charge in [0, 0.05) is 16.4 Å². The SMILES string of the molecule is O=S(=O)(Nc1ccc(Br)cc1)c1cccnc1Cl. The van der Waals surface area contributed by atoms with Crippen molar-refractivity contribution in [1.29, 1.82) is 0 Å². The minimum Gasteiger partial charge on any atom is -0.280 e. The van der Waals surface area contributed by atoms with Gasteiger partial charge in [0.25, 0.3) is 10.0 Å². The third-order valence-electron chi connectivity index (χ3n) is 2.11. The molecule has 94 valence electrons. The van der Waals surface area contributed by atoms with Crippen molar-refractivity contribution in [2.45, 2.75) is 4.90 Å². The second kappa shape index (κ2) is 5.26. The Morgan fingerprint density at radius 2 is 1.83 bits per heavy atom. The largest absolute Gasteiger partial charge is 0.280 e. The Hall–Kier alpha value is -1.11. The molecule has 0 aliphatic rings. The number of hydrogen-bond donors (Lipinski definition) is 1. The molecule has 18 heavy (non-hydrogen) atoms. The molecule has 0 saturated heterocycles. The Kier molecular flexibility index (Phi) is 3.89. The summed E-state index contributed by atoms with van der Waals surface area (Å²) in [5.41, 5.74) is 0.457. The van der Waals surface area contributed by atoms with Gasteiger partial charge >= 0.3 is 0 Å². The van der Waals surface area contributed by atoms with Crippen molar-refractivity contribution in [1.82, 2.24) is 4.98 Å². The van der Waals surface area contributed by atoms with Gasteiger partial charge in [-0.1, -0.05) is 27.5 Å². The van der Waals surface area contributed by atoms with Crippen molar-refractivity contribution in [3.8, 4) is 0 Å². The number of halogens is 2. The molecule has 0 amide bonds. The van der Waals surface area contributed by atoms with Crippen LogP contribution in [-0.4, -0.2) is 13.4 Å². The van der Waals surface area contributed by atoms with Crippen LogP contribution in [0.4, 0.5) is 5.69 Å². The zero-order valence-electron chi connectivity index (χ0n) is 8.97. The number of hydrogen-bond acceptors (Lipinski definition) is 3. The van der Waals surface area contributed by atoms with Crippen LogP contribution in [0.15, 0.2) is 52.0 Å². The molecule has 1 aromatic heterocycles. The molecule has 2 aromatic rings. The van der Waals surface area contributed by atoms with E-state index in [1.807, 2.05) is 0 Å². The standard InChI is InChI=1S/C11H8BrClN2O2S/c12-8-3-5-9(6-4-8)15-18(16,17)10-2-1-7-14-11(10)13/h1-7,15H. The van der Waals surface area contributed by atoms with E-state index < -0.39 is 10.0 Å². The first-order valence-corrected chi connectivity index (χ1v) is 7.53. The Balaban J connectivity index is 2.33. The summed E-state index contributed by atoms with van der Waals surface area (Å²) >= 11 is 9.04. The lowest BCUT2D eigenvalue weighted by Gasteiger charge is -2.08. The van der Waals surface area contributed by atoms with Gasteiger partial charge in [-0.15, -0.1) is 0 Å². The van der Waals surface area contributed by atoms with Gasteiger partial charge in [0.15, 0.2) is 0 Å². The van der Waals surface area contributed by atoms with Crippen LogP contribution in [0, 0.1) is 0 Å². The Labute approximate surface area is 118 Å². The Morgan fingerprint density at radius 1 is 1.17 bits per heavy atom. The molecule has 0 spiro atoms. The number of nitrogens with one attached hydrogen (secondary N) is 1. The molecule has 0 bridgehead atoms. The zero-order chi connectivity index (χ0) is 13.2. The predicted molar refractivity (Wildman–Crippen MR) is 74.2 cm³/mol. The number of rotatable bonds is 3. The summed E-state index contributed by atoms with van der Waals surface area (Å²) in [6.45, 7) is 0. The van der Waals surface area contributed by atoms with Crippen LogP contribution in [0.2, 0.25) is 5.15 Å². The third kappa shape index (κ3) is 3.01. The van der Waals surface area contributed by atoms with Crippen molar-refractivity contribution in [2.75, 3.05) is 4.72 Å². The van der Waals surface area contributed by atoms with E-state index in [-0.39, 0.29) is 10.0 Å². The van der Waals surface area contributed by atoms with E-state index in [2.05, 4.69) is 25.6 Å². The lowest BCUT2D eigenvalue weighted by molar-refractivity contribution is 0.601. The summed E-state index contributed by atoms with van der Waals surface area (Å²) in [5, 5.41) is -0.0536. The molecule has 1 N–H and O–H groups in total. The van der Waals surface area contributed by atoms with Gasteiger partial charge in [0.2, 0.25) is 0 Å². The monoisotopic (exact) mass is 346 g/mol.